The zero-order valence-electron chi connectivity index (χ0n) is 9.36. The van der Waals surface area contributed by atoms with Gasteiger partial charge in [0.05, 0.1) is 18.0 Å². The van der Waals surface area contributed by atoms with Crippen LogP contribution in [0.4, 0.5) is 0 Å². The molecule has 0 amide bonds. The molecule has 1 aromatic heterocycles. The van der Waals surface area contributed by atoms with E-state index < -0.39 is 0 Å². The van der Waals surface area contributed by atoms with Crippen molar-refractivity contribution in [2.45, 2.75) is 45.4 Å². The van der Waals surface area contributed by atoms with Crippen molar-refractivity contribution < 1.29 is 4.74 Å². The summed E-state index contributed by atoms with van der Waals surface area (Å²) in [6.45, 7) is 4.90. The lowest BCUT2D eigenvalue weighted by Crippen LogP contribution is -2.16. The van der Waals surface area contributed by atoms with Gasteiger partial charge in [0.2, 0.25) is 0 Å². The number of rotatable bonds is 5. The minimum atomic E-state index is 0.210. The Morgan fingerprint density at radius 2 is 2.27 bits per heavy atom. The predicted octanol–water partition coefficient (Wildman–Crippen LogP) is 2.12. The van der Waals surface area contributed by atoms with Gasteiger partial charge in [-0.25, -0.2) is 0 Å². The third-order valence-corrected chi connectivity index (χ3v) is 2.32. The summed E-state index contributed by atoms with van der Waals surface area (Å²) in [5.41, 5.74) is 1.08. The maximum Gasteiger partial charge on any atom is 0.137 e. The van der Waals surface area contributed by atoms with Crippen molar-refractivity contribution in [3.8, 4) is 5.75 Å². The fraction of sp³-hybridized carbons (Fsp3) is 0.583. The Morgan fingerprint density at radius 1 is 1.47 bits per heavy atom. The second-order valence-electron chi connectivity index (χ2n) is 4.31. The smallest absolute Gasteiger partial charge is 0.137 e. The Balaban J connectivity index is 1.85. The first-order valence-electron chi connectivity index (χ1n) is 5.59. The van der Waals surface area contributed by atoms with Gasteiger partial charge in [-0.1, -0.05) is 0 Å². The molecule has 3 heteroatoms. The molecule has 15 heavy (non-hydrogen) atoms. The zero-order valence-corrected chi connectivity index (χ0v) is 9.36. The molecule has 0 spiro atoms. The molecule has 2 rings (SSSR count). The standard InChI is InChI=1S/C12H18N2O/c1-9(2)15-12-6-5-11(14-8-12)7-13-10-3-4-10/h5-6,8-10,13H,3-4,7H2,1-2H3. The average molecular weight is 206 g/mol. The summed E-state index contributed by atoms with van der Waals surface area (Å²) in [7, 11) is 0. The normalized spacial score (nSPS) is 15.7. The number of nitrogens with zero attached hydrogens (tertiary/aromatic N) is 1. The van der Waals surface area contributed by atoms with Gasteiger partial charge < -0.3 is 10.1 Å². The van der Waals surface area contributed by atoms with Gasteiger partial charge in [-0.3, -0.25) is 4.98 Å². The van der Waals surface area contributed by atoms with Crippen molar-refractivity contribution in [3.63, 3.8) is 0 Å². The SMILES string of the molecule is CC(C)Oc1ccc(CNC2CC2)nc1. The fourth-order valence-corrected chi connectivity index (χ4v) is 1.39. The van der Waals surface area contributed by atoms with Crippen LogP contribution in [0.1, 0.15) is 32.4 Å². The van der Waals surface area contributed by atoms with Crippen LogP contribution in [-0.2, 0) is 6.54 Å². The second kappa shape index (κ2) is 4.62. The molecule has 0 saturated heterocycles. The minimum Gasteiger partial charge on any atom is -0.489 e. The first-order chi connectivity index (χ1) is 7.24. The average Bonchev–Trinajstić information content (AvgIpc) is 2.99. The highest BCUT2D eigenvalue weighted by Crippen LogP contribution is 2.19. The van der Waals surface area contributed by atoms with Crippen LogP contribution in [0.15, 0.2) is 18.3 Å². The molecule has 0 radical (unpaired) electrons. The summed E-state index contributed by atoms with van der Waals surface area (Å²) >= 11 is 0. The van der Waals surface area contributed by atoms with Crippen molar-refractivity contribution in [1.82, 2.24) is 10.3 Å². The van der Waals surface area contributed by atoms with Gasteiger partial charge in [0.25, 0.3) is 0 Å². The van der Waals surface area contributed by atoms with Crippen molar-refractivity contribution in [2.24, 2.45) is 0 Å². The van der Waals surface area contributed by atoms with E-state index in [0.29, 0.717) is 0 Å². The number of hydrogen-bond donors (Lipinski definition) is 1. The molecule has 0 aliphatic heterocycles. The Hall–Kier alpha value is -1.09. The number of ether oxygens (including phenoxy) is 1. The monoisotopic (exact) mass is 206 g/mol. The second-order valence-corrected chi connectivity index (χ2v) is 4.31. The third kappa shape index (κ3) is 3.51. The van der Waals surface area contributed by atoms with Crippen LogP contribution < -0.4 is 10.1 Å². The summed E-state index contributed by atoms with van der Waals surface area (Å²) in [5.74, 6) is 0.847. The molecule has 1 aliphatic rings. The predicted molar refractivity (Wildman–Crippen MR) is 59.9 cm³/mol. The number of aromatic nitrogens is 1. The third-order valence-electron chi connectivity index (χ3n) is 2.32. The number of hydrogen-bond acceptors (Lipinski definition) is 3. The topological polar surface area (TPSA) is 34.1 Å². The van der Waals surface area contributed by atoms with Gasteiger partial charge in [-0.2, -0.15) is 0 Å². The van der Waals surface area contributed by atoms with E-state index in [1.165, 1.54) is 12.8 Å². The number of pyridine rings is 1. The lowest BCUT2D eigenvalue weighted by molar-refractivity contribution is 0.241. The Labute approximate surface area is 90.9 Å². The zero-order chi connectivity index (χ0) is 10.7. The summed E-state index contributed by atoms with van der Waals surface area (Å²) in [6, 6.07) is 4.74. The highest BCUT2D eigenvalue weighted by atomic mass is 16.5. The summed E-state index contributed by atoms with van der Waals surface area (Å²) < 4.78 is 5.52. The van der Waals surface area contributed by atoms with Crippen LogP contribution in [0.2, 0.25) is 0 Å². The molecule has 1 saturated carbocycles. The minimum absolute atomic E-state index is 0.210. The first kappa shape index (κ1) is 10.4. The summed E-state index contributed by atoms with van der Waals surface area (Å²) in [5, 5.41) is 3.43. The molecule has 1 fully saturated rings. The molecule has 1 heterocycles. The van der Waals surface area contributed by atoms with Gasteiger partial charge in [0.15, 0.2) is 0 Å². The molecule has 82 valence electrons. The maximum absolute atomic E-state index is 5.52. The van der Waals surface area contributed by atoms with E-state index in [1.54, 1.807) is 6.20 Å². The van der Waals surface area contributed by atoms with Gasteiger partial charge >= 0.3 is 0 Å². The van der Waals surface area contributed by atoms with E-state index in [1.807, 2.05) is 26.0 Å². The lowest BCUT2D eigenvalue weighted by Gasteiger charge is -2.09. The molecule has 0 bridgehead atoms. The van der Waals surface area contributed by atoms with Crippen molar-refractivity contribution in [1.29, 1.82) is 0 Å². The van der Waals surface area contributed by atoms with Crippen LogP contribution in [0, 0.1) is 0 Å². The van der Waals surface area contributed by atoms with Gasteiger partial charge in [0, 0.05) is 12.6 Å². The molecule has 0 aromatic carbocycles. The molecule has 1 aliphatic carbocycles. The quantitative estimate of drug-likeness (QED) is 0.801. The molecule has 1 N–H and O–H groups in total. The van der Waals surface area contributed by atoms with E-state index in [4.69, 9.17) is 4.74 Å². The van der Waals surface area contributed by atoms with Gasteiger partial charge in [-0.05, 0) is 38.8 Å². The molecule has 0 atom stereocenters. The van der Waals surface area contributed by atoms with Crippen molar-refractivity contribution >= 4 is 0 Å². The summed E-state index contributed by atoms with van der Waals surface area (Å²) in [6.07, 6.45) is 4.63. The van der Waals surface area contributed by atoms with Crippen LogP contribution in [0.25, 0.3) is 0 Å². The van der Waals surface area contributed by atoms with Crippen molar-refractivity contribution in [2.75, 3.05) is 0 Å². The first-order valence-corrected chi connectivity index (χ1v) is 5.59. The fourth-order valence-electron chi connectivity index (χ4n) is 1.39. The highest BCUT2D eigenvalue weighted by molar-refractivity contribution is 5.20. The Bertz CT molecular complexity index is 304. The van der Waals surface area contributed by atoms with Crippen LogP contribution in [0.3, 0.4) is 0 Å². The van der Waals surface area contributed by atoms with E-state index in [9.17, 15) is 0 Å². The molecular weight excluding hydrogens is 188 g/mol. The molecular formula is C12H18N2O. The lowest BCUT2D eigenvalue weighted by atomic mass is 10.3. The molecule has 0 unspecified atom stereocenters. The maximum atomic E-state index is 5.52. The van der Waals surface area contributed by atoms with Crippen molar-refractivity contribution in [3.05, 3.63) is 24.0 Å². The van der Waals surface area contributed by atoms with Crippen LogP contribution >= 0.6 is 0 Å². The van der Waals surface area contributed by atoms with E-state index in [2.05, 4.69) is 10.3 Å². The molecule has 3 nitrogen and oxygen atoms in total. The number of nitrogens with one attached hydrogen (secondary N) is 1. The highest BCUT2D eigenvalue weighted by Gasteiger charge is 2.19. The van der Waals surface area contributed by atoms with E-state index >= 15 is 0 Å². The Kier molecular flexibility index (Phi) is 3.21. The van der Waals surface area contributed by atoms with Crippen LogP contribution in [0.5, 0.6) is 5.75 Å². The van der Waals surface area contributed by atoms with Crippen LogP contribution in [-0.4, -0.2) is 17.1 Å². The van der Waals surface area contributed by atoms with Gasteiger partial charge in [0.1, 0.15) is 5.75 Å². The Morgan fingerprint density at radius 3 is 2.80 bits per heavy atom. The van der Waals surface area contributed by atoms with E-state index in [0.717, 1.165) is 24.0 Å². The van der Waals surface area contributed by atoms with Gasteiger partial charge in [-0.15, -0.1) is 0 Å². The summed E-state index contributed by atoms with van der Waals surface area (Å²) in [4.78, 5) is 4.34. The largest absolute Gasteiger partial charge is 0.489 e. The molecule has 1 aromatic rings. The van der Waals surface area contributed by atoms with E-state index in [-0.39, 0.29) is 6.10 Å².